The van der Waals surface area contributed by atoms with Crippen molar-refractivity contribution < 1.29 is 26.7 Å². The predicted molar refractivity (Wildman–Crippen MR) is 108 cm³/mol. The van der Waals surface area contributed by atoms with Crippen LogP contribution in [0.15, 0.2) is 47.4 Å². The minimum atomic E-state index is -4.08. The number of carbonyl (C=O) groups is 1. The van der Waals surface area contributed by atoms with E-state index in [9.17, 15) is 22.0 Å². The monoisotopic (exact) mass is 454 g/mol. The van der Waals surface area contributed by atoms with Crippen molar-refractivity contribution in [1.82, 2.24) is 10.2 Å². The summed E-state index contributed by atoms with van der Waals surface area (Å²) in [5, 5.41) is 8.40. The van der Waals surface area contributed by atoms with Crippen molar-refractivity contribution in [2.75, 3.05) is 17.1 Å². The number of nitrogens with zero attached hydrogens (tertiary/aromatic N) is 2. The number of aryl methyl sites for hydroxylation is 1. The zero-order valence-electron chi connectivity index (χ0n) is 15.7. The van der Waals surface area contributed by atoms with Gasteiger partial charge in [-0.15, -0.1) is 10.2 Å². The topological polar surface area (TPSA) is 110 Å². The van der Waals surface area contributed by atoms with Crippen LogP contribution in [-0.2, 0) is 10.0 Å². The van der Waals surface area contributed by atoms with Gasteiger partial charge in [0.05, 0.1) is 7.11 Å². The predicted octanol–water partition coefficient (Wildman–Crippen LogP) is 3.85. The van der Waals surface area contributed by atoms with Crippen LogP contribution < -0.4 is 14.8 Å². The average molecular weight is 454 g/mol. The van der Waals surface area contributed by atoms with Crippen molar-refractivity contribution in [1.29, 1.82) is 0 Å². The largest absolute Gasteiger partial charge is 0.495 e. The van der Waals surface area contributed by atoms with Crippen molar-refractivity contribution in [2.24, 2.45) is 0 Å². The molecule has 0 saturated heterocycles. The van der Waals surface area contributed by atoms with Crippen molar-refractivity contribution in [3.63, 3.8) is 0 Å². The molecule has 2 aromatic carbocycles. The molecular weight excluding hydrogens is 438 g/mol. The van der Waals surface area contributed by atoms with Crippen molar-refractivity contribution in [3.05, 3.63) is 58.6 Å². The normalized spacial score (nSPS) is 11.4. The van der Waals surface area contributed by atoms with E-state index in [1.54, 1.807) is 24.3 Å². The first-order chi connectivity index (χ1) is 14.2. The Labute approximate surface area is 175 Å². The Bertz CT molecular complexity index is 1170. The third kappa shape index (κ3) is 4.89. The second-order valence-electron chi connectivity index (χ2n) is 6.04. The lowest BCUT2D eigenvalue weighted by atomic mass is 10.2. The number of sulfonamides is 1. The molecule has 1 heterocycles. The number of benzene rings is 2. The third-order valence-corrected chi connectivity index (χ3v) is 6.12. The summed E-state index contributed by atoms with van der Waals surface area (Å²) >= 11 is 0.525. The molecule has 0 radical (unpaired) electrons. The lowest BCUT2D eigenvalue weighted by Crippen LogP contribution is -2.17. The molecule has 0 saturated carbocycles. The number of ether oxygens (including phenoxy) is 1. The maximum Gasteiger partial charge on any atom is 0.291 e. The molecule has 8 nitrogen and oxygen atoms in total. The van der Waals surface area contributed by atoms with Crippen LogP contribution >= 0.6 is 11.3 Å². The zero-order chi connectivity index (χ0) is 21.9. The van der Waals surface area contributed by atoms with Crippen molar-refractivity contribution in [2.45, 2.75) is 18.2 Å². The molecule has 3 aromatic rings. The first-order valence-corrected chi connectivity index (χ1v) is 10.7. The molecule has 0 aliphatic carbocycles. The van der Waals surface area contributed by atoms with Gasteiger partial charge in [0.2, 0.25) is 5.13 Å². The smallest absolute Gasteiger partial charge is 0.291 e. The van der Waals surface area contributed by atoms with Gasteiger partial charge in [0, 0.05) is 11.3 Å². The van der Waals surface area contributed by atoms with E-state index in [4.69, 9.17) is 4.74 Å². The average Bonchev–Trinajstić information content (AvgIpc) is 3.18. The number of alkyl halides is 2. The van der Waals surface area contributed by atoms with Gasteiger partial charge in [-0.2, -0.15) is 0 Å². The van der Waals surface area contributed by atoms with Crippen molar-refractivity contribution in [3.8, 4) is 5.75 Å². The van der Waals surface area contributed by atoms with E-state index in [1.165, 1.54) is 19.2 Å². The lowest BCUT2D eigenvalue weighted by molar-refractivity contribution is 0.102. The molecule has 0 atom stereocenters. The lowest BCUT2D eigenvalue weighted by Gasteiger charge is -2.13. The number of rotatable bonds is 7. The van der Waals surface area contributed by atoms with E-state index in [0.29, 0.717) is 17.0 Å². The fraction of sp³-hybridized carbons (Fsp3) is 0.167. The minimum Gasteiger partial charge on any atom is -0.495 e. The van der Waals surface area contributed by atoms with Crippen LogP contribution in [-0.4, -0.2) is 31.6 Å². The van der Waals surface area contributed by atoms with Gasteiger partial charge in [0.1, 0.15) is 10.6 Å². The second-order valence-corrected chi connectivity index (χ2v) is 8.70. The highest BCUT2D eigenvalue weighted by Crippen LogP contribution is 2.29. The number of anilines is 2. The van der Waals surface area contributed by atoms with E-state index in [0.717, 1.165) is 11.6 Å². The first-order valence-electron chi connectivity index (χ1n) is 8.40. The van der Waals surface area contributed by atoms with E-state index >= 15 is 0 Å². The molecule has 0 fully saturated rings. The first kappa shape index (κ1) is 21.6. The van der Waals surface area contributed by atoms with Gasteiger partial charge in [-0.25, -0.2) is 17.2 Å². The molecule has 30 heavy (non-hydrogen) atoms. The maximum absolute atomic E-state index is 12.9. The summed E-state index contributed by atoms with van der Waals surface area (Å²) in [7, 11) is -2.79. The fourth-order valence-corrected chi connectivity index (χ4v) is 4.25. The fourth-order valence-electron chi connectivity index (χ4n) is 2.40. The second kappa shape index (κ2) is 8.71. The number of halogens is 2. The summed E-state index contributed by atoms with van der Waals surface area (Å²) in [6.45, 7) is 1.87. The number of carbonyl (C=O) groups excluding carboxylic acids is 1. The molecule has 3 rings (SSSR count). The zero-order valence-corrected chi connectivity index (χ0v) is 17.4. The number of amides is 1. The Morgan fingerprint density at radius 1 is 1.13 bits per heavy atom. The van der Waals surface area contributed by atoms with Crippen LogP contribution in [0.4, 0.5) is 19.6 Å². The number of aromatic nitrogens is 2. The van der Waals surface area contributed by atoms with E-state index in [2.05, 4.69) is 20.2 Å². The summed E-state index contributed by atoms with van der Waals surface area (Å²) in [6, 6.07) is 10.5. The molecule has 1 amide bonds. The molecule has 0 aliphatic rings. The molecular formula is C18H16F2N4O4S2. The Kier molecular flexibility index (Phi) is 6.27. The Morgan fingerprint density at radius 3 is 2.43 bits per heavy atom. The van der Waals surface area contributed by atoms with Gasteiger partial charge in [0.15, 0.2) is 5.01 Å². The molecule has 0 unspecified atom stereocenters. The molecule has 12 heteroatoms. The molecule has 2 N–H and O–H groups in total. The van der Waals surface area contributed by atoms with Crippen LogP contribution in [0, 0.1) is 6.92 Å². The summed E-state index contributed by atoms with van der Waals surface area (Å²) in [4.78, 5) is 12.2. The van der Waals surface area contributed by atoms with Gasteiger partial charge < -0.3 is 4.74 Å². The molecule has 1 aromatic heterocycles. The number of methoxy groups -OCH3 is 1. The van der Waals surface area contributed by atoms with Crippen molar-refractivity contribution >= 4 is 38.1 Å². The van der Waals surface area contributed by atoms with E-state index < -0.39 is 27.4 Å². The summed E-state index contributed by atoms with van der Waals surface area (Å²) in [5.41, 5.74) is 1.26. The highest BCUT2D eigenvalue weighted by atomic mass is 32.2. The van der Waals surface area contributed by atoms with Crippen LogP contribution in [0.25, 0.3) is 0 Å². The number of nitrogens with one attached hydrogen (secondary N) is 2. The summed E-state index contributed by atoms with van der Waals surface area (Å²) < 4.78 is 58.5. The standard InChI is InChI=1S/C18H16F2N4O4S2/c1-10-3-6-12(7-4-10)24-30(26,27)14-9-11(5-8-13(14)28-2)16(25)21-18-23-22-17(29-18)15(19)20/h3-9,15,24H,1-2H3,(H,21,23,25). The summed E-state index contributed by atoms with van der Waals surface area (Å²) in [6.07, 6.45) is -2.81. The van der Waals surface area contributed by atoms with E-state index in [-0.39, 0.29) is 21.3 Å². The number of hydrogen-bond donors (Lipinski definition) is 2. The minimum absolute atomic E-state index is 0.0297. The summed E-state index contributed by atoms with van der Waals surface area (Å²) in [5.74, 6) is -0.705. The van der Waals surface area contributed by atoms with Crippen LogP contribution in [0.2, 0.25) is 0 Å². The highest BCUT2D eigenvalue weighted by Gasteiger charge is 2.23. The molecule has 0 aliphatic heterocycles. The van der Waals surface area contributed by atoms with Crippen LogP contribution in [0.1, 0.15) is 27.4 Å². The van der Waals surface area contributed by atoms with Gasteiger partial charge in [-0.3, -0.25) is 14.8 Å². The van der Waals surface area contributed by atoms with E-state index in [1.807, 2.05) is 6.92 Å². The Morgan fingerprint density at radius 2 is 1.83 bits per heavy atom. The Hall–Kier alpha value is -3.12. The van der Waals surface area contributed by atoms with Gasteiger partial charge in [-0.1, -0.05) is 29.0 Å². The van der Waals surface area contributed by atoms with Gasteiger partial charge in [-0.05, 0) is 37.3 Å². The maximum atomic E-state index is 12.9. The van der Waals surface area contributed by atoms with Crippen LogP contribution in [0.5, 0.6) is 5.75 Å². The Balaban J connectivity index is 1.88. The third-order valence-electron chi connectivity index (χ3n) is 3.87. The molecule has 0 spiro atoms. The molecule has 158 valence electrons. The quantitative estimate of drug-likeness (QED) is 0.561. The molecule has 0 bridgehead atoms. The van der Waals surface area contributed by atoms with Gasteiger partial charge >= 0.3 is 0 Å². The SMILES string of the molecule is COc1ccc(C(=O)Nc2nnc(C(F)F)s2)cc1S(=O)(=O)Nc1ccc(C)cc1. The highest BCUT2D eigenvalue weighted by molar-refractivity contribution is 7.92. The number of hydrogen-bond acceptors (Lipinski definition) is 7. The van der Waals surface area contributed by atoms with Gasteiger partial charge in [0.25, 0.3) is 22.4 Å². The van der Waals surface area contributed by atoms with Crippen LogP contribution in [0.3, 0.4) is 0 Å².